The second kappa shape index (κ2) is 9.83. The Labute approximate surface area is 177 Å². The lowest BCUT2D eigenvalue weighted by molar-refractivity contribution is 0.0953. The second-order valence-corrected chi connectivity index (χ2v) is 8.65. The highest BCUT2D eigenvalue weighted by Crippen LogP contribution is 2.33. The molecular formula is C23H30N4OS. The Hall–Kier alpha value is -2.47. The fourth-order valence-electron chi connectivity index (χ4n) is 3.30. The van der Waals surface area contributed by atoms with Gasteiger partial charge in [0.15, 0.2) is 0 Å². The van der Waals surface area contributed by atoms with Crippen LogP contribution in [-0.2, 0) is 6.54 Å². The number of amides is 1. The summed E-state index contributed by atoms with van der Waals surface area (Å²) in [6, 6.07) is 7.77. The van der Waals surface area contributed by atoms with Crippen LogP contribution >= 0.6 is 11.3 Å². The predicted molar refractivity (Wildman–Crippen MR) is 122 cm³/mol. The Morgan fingerprint density at radius 1 is 1.03 bits per heavy atom. The first-order valence-corrected chi connectivity index (χ1v) is 11.2. The van der Waals surface area contributed by atoms with Gasteiger partial charge in [0.25, 0.3) is 5.91 Å². The topological polar surface area (TPSA) is 66.9 Å². The maximum Gasteiger partial charge on any atom is 0.251 e. The molecule has 29 heavy (non-hydrogen) atoms. The van der Waals surface area contributed by atoms with Crippen LogP contribution in [-0.4, -0.2) is 22.4 Å². The summed E-state index contributed by atoms with van der Waals surface area (Å²) >= 11 is 1.71. The van der Waals surface area contributed by atoms with Crippen molar-refractivity contribution in [3.8, 4) is 0 Å². The number of rotatable bonds is 9. The number of unbranched alkanes of at least 4 members (excludes halogenated alkanes) is 3. The van der Waals surface area contributed by atoms with E-state index in [9.17, 15) is 4.79 Å². The zero-order valence-corrected chi connectivity index (χ0v) is 18.6. The summed E-state index contributed by atoms with van der Waals surface area (Å²) in [5.41, 5.74) is 3.05. The highest BCUT2D eigenvalue weighted by Gasteiger charge is 2.13. The number of anilines is 1. The van der Waals surface area contributed by atoms with Gasteiger partial charge in [0, 0.05) is 23.5 Å². The number of hydrogen-bond donors (Lipinski definition) is 2. The van der Waals surface area contributed by atoms with Crippen LogP contribution in [0.25, 0.3) is 10.2 Å². The smallest absolute Gasteiger partial charge is 0.251 e. The van der Waals surface area contributed by atoms with Crippen molar-refractivity contribution in [2.24, 2.45) is 0 Å². The molecule has 0 radical (unpaired) electrons. The number of thiophene rings is 1. The predicted octanol–water partition coefficient (Wildman–Crippen LogP) is 5.54. The number of nitrogens with one attached hydrogen (secondary N) is 2. The first-order chi connectivity index (χ1) is 14.0. The van der Waals surface area contributed by atoms with Gasteiger partial charge in [-0.3, -0.25) is 4.79 Å². The summed E-state index contributed by atoms with van der Waals surface area (Å²) in [7, 11) is 0. The highest BCUT2D eigenvalue weighted by atomic mass is 32.1. The van der Waals surface area contributed by atoms with E-state index < -0.39 is 0 Å². The van der Waals surface area contributed by atoms with Gasteiger partial charge >= 0.3 is 0 Å². The van der Waals surface area contributed by atoms with E-state index in [4.69, 9.17) is 0 Å². The highest BCUT2D eigenvalue weighted by molar-refractivity contribution is 7.18. The minimum atomic E-state index is -0.00138. The molecule has 0 atom stereocenters. The monoisotopic (exact) mass is 410 g/mol. The van der Waals surface area contributed by atoms with Gasteiger partial charge in [-0.1, -0.05) is 38.3 Å². The van der Waals surface area contributed by atoms with Gasteiger partial charge in [0.2, 0.25) is 0 Å². The number of hydrogen-bond acceptors (Lipinski definition) is 5. The van der Waals surface area contributed by atoms with Gasteiger partial charge in [-0.25, -0.2) is 9.97 Å². The standard InChI is InChI=1S/C23H30N4OS/c1-5-6-7-8-13-24-22(28)19-11-9-18(10-12-19)14-25-21-20-15(2)16(3)29-23(20)27-17(4)26-21/h9-12H,5-8,13-14H2,1-4H3,(H,24,28)(H,25,26,27). The number of fused-ring (bicyclic) bond motifs is 1. The Bertz CT molecular complexity index is 979. The maximum absolute atomic E-state index is 12.2. The Kier molecular flexibility index (Phi) is 7.20. The van der Waals surface area contributed by atoms with Crippen molar-refractivity contribution in [1.29, 1.82) is 0 Å². The van der Waals surface area contributed by atoms with E-state index in [0.717, 1.165) is 40.4 Å². The van der Waals surface area contributed by atoms with Crippen molar-refractivity contribution in [3.63, 3.8) is 0 Å². The van der Waals surface area contributed by atoms with Crippen molar-refractivity contribution < 1.29 is 4.79 Å². The fourth-order valence-corrected chi connectivity index (χ4v) is 4.37. The van der Waals surface area contributed by atoms with Crippen molar-refractivity contribution >= 4 is 33.3 Å². The number of carbonyl (C=O) groups is 1. The Morgan fingerprint density at radius 3 is 2.52 bits per heavy atom. The average molecular weight is 411 g/mol. The fraction of sp³-hybridized carbons (Fsp3) is 0.435. The lowest BCUT2D eigenvalue weighted by atomic mass is 10.1. The summed E-state index contributed by atoms with van der Waals surface area (Å²) in [6.07, 6.45) is 4.63. The van der Waals surface area contributed by atoms with Crippen molar-refractivity contribution in [1.82, 2.24) is 15.3 Å². The molecule has 3 aromatic rings. The summed E-state index contributed by atoms with van der Waals surface area (Å²) in [5.74, 6) is 1.65. The maximum atomic E-state index is 12.2. The summed E-state index contributed by atoms with van der Waals surface area (Å²) in [6.45, 7) is 9.74. The Morgan fingerprint density at radius 2 is 1.79 bits per heavy atom. The van der Waals surface area contributed by atoms with Crippen LogP contribution in [0.2, 0.25) is 0 Å². The van der Waals surface area contributed by atoms with Gasteiger partial charge in [-0.15, -0.1) is 11.3 Å². The molecule has 0 aliphatic rings. The van der Waals surface area contributed by atoms with Crippen LogP contribution < -0.4 is 10.6 Å². The molecule has 0 bridgehead atoms. The molecule has 0 fully saturated rings. The van der Waals surface area contributed by atoms with Gasteiger partial charge in [-0.2, -0.15) is 0 Å². The molecule has 2 heterocycles. The van der Waals surface area contributed by atoms with E-state index in [0.29, 0.717) is 12.1 Å². The van der Waals surface area contributed by atoms with Gasteiger partial charge in [0.05, 0.1) is 5.39 Å². The molecule has 0 aliphatic heterocycles. The number of aromatic nitrogens is 2. The summed E-state index contributed by atoms with van der Waals surface area (Å²) < 4.78 is 0. The molecule has 0 spiro atoms. The molecule has 2 aromatic heterocycles. The molecule has 6 heteroatoms. The SMILES string of the molecule is CCCCCCNC(=O)c1ccc(CNc2nc(C)nc3sc(C)c(C)c23)cc1. The average Bonchev–Trinajstić information content (AvgIpc) is 2.99. The van der Waals surface area contributed by atoms with Crippen LogP contribution in [0.5, 0.6) is 0 Å². The molecule has 2 N–H and O–H groups in total. The van der Waals surface area contributed by atoms with E-state index in [1.54, 1.807) is 11.3 Å². The molecule has 0 unspecified atom stereocenters. The minimum Gasteiger partial charge on any atom is -0.365 e. The van der Waals surface area contributed by atoms with Gasteiger partial charge in [-0.05, 0) is 50.5 Å². The largest absolute Gasteiger partial charge is 0.365 e. The van der Waals surface area contributed by atoms with Gasteiger partial charge in [0.1, 0.15) is 16.5 Å². The van der Waals surface area contributed by atoms with E-state index in [1.807, 2.05) is 31.2 Å². The summed E-state index contributed by atoms with van der Waals surface area (Å²) in [4.78, 5) is 23.7. The van der Waals surface area contributed by atoms with Crippen LogP contribution in [0.15, 0.2) is 24.3 Å². The number of carbonyl (C=O) groups excluding carboxylic acids is 1. The van der Waals surface area contributed by atoms with Crippen LogP contribution in [0.1, 0.15) is 64.8 Å². The molecule has 0 saturated carbocycles. The van der Waals surface area contributed by atoms with Crippen LogP contribution in [0.3, 0.4) is 0 Å². The van der Waals surface area contributed by atoms with Gasteiger partial charge < -0.3 is 10.6 Å². The van der Waals surface area contributed by atoms with Crippen molar-refractivity contribution in [3.05, 3.63) is 51.7 Å². The molecule has 5 nitrogen and oxygen atoms in total. The summed E-state index contributed by atoms with van der Waals surface area (Å²) in [5, 5.41) is 7.56. The molecule has 154 valence electrons. The first-order valence-electron chi connectivity index (χ1n) is 10.3. The van der Waals surface area contributed by atoms with Crippen LogP contribution in [0.4, 0.5) is 5.82 Å². The molecular weight excluding hydrogens is 380 g/mol. The second-order valence-electron chi connectivity index (χ2n) is 7.45. The lowest BCUT2D eigenvalue weighted by Crippen LogP contribution is -2.24. The number of aryl methyl sites for hydroxylation is 3. The Balaban J connectivity index is 1.61. The van der Waals surface area contributed by atoms with Crippen molar-refractivity contribution in [2.75, 3.05) is 11.9 Å². The zero-order chi connectivity index (χ0) is 20.8. The quantitative estimate of drug-likeness (QED) is 0.455. The van der Waals surface area contributed by atoms with E-state index in [1.165, 1.54) is 29.7 Å². The van der Waals surface area contributed by atoms with Crippen LogP contribution in [0, 0.1) is 20.8 Å². The molecule has 0 aliphatic carbocycles. The number of benzene rings is 1. The van der Waals surface area contributed by atoms with E-state index >= 15 is 0 Å². The van der Waals surface area contributed by atoms with Crippen molar-refractivity contribution in [2.45, 2.75) is 59.9 Å². The normalized spacial score (nSPS) is 11.0. The third kappa shape index (κ3) is 5.32. The lowest BCUT2D eigenvalue weighted by Gasteiger charge is -2.10. The first kappa shape index (κ1) is 21.2. The third-order valence-corrected chi connectivity index (χ3v) is 6.23. The molecule has 3 rings (SSSR count). The molecule has 1 aromatic carbocycles. The zero-order valence-electron chi connectivity index (χ0n) is 17.8. The van der Waals surface area contributed by atoms with E-state index in [2.05, 4.69) is 41.4 Å². The third-order valence-electron chi connectivity index (χ3n) is 5.13. The molecule has 0 saturated heterocycles. The minimum absolute atomic E-state index is 0.00138. The van der Waals surface area contributed by atoms with E-state index in [-0.39, 0.29) is 5.91 Å². The number of nitrogens with zero attached hydrogens (tertiary/aromatic N) is 2. The molecule has 1 amide bonds.